The lowest BCUT2D eigenvalue weighted by molar-refractivity contribution is 0.0696. The Morgan fingerprint density at radius 3 is 1.71 bits per heavy atom. The highest BCUT2D eigenvalue weighted by Crippen LogP contribution is 2.39. The minimum Gasteiger partial charge on any atom is -0.478 e. The summed E-state index contributed by atoms with van der Waals surface area (Å²) in [6, 6.07) is 3.00. The zero-order valence-electron chi connectivity index (χ0n) is 8.40. The fraction of sp³-hybridized carbons (Fsp3) is 0.111. The van der Waals surface area contributed by atoms with Gasteiger partial charge in [0.25, 0.3) is 0 Å². The van der Waals surface area contributed by atoms with E-state index >= 15 is 0 Å². The van der Waals surface area contributed by atoms with Crippen molar-refractivity contribution >= 4 is 19.5 Å². The van der Waals surface area contributed by atoms with Crippen LogP contribution in [0, 0.1) is 0 Å². The summed E-state index contributed by atoms with van der Waals surface area (Å²) in [5.41, 5.74) is -0.683. The van der Waals surface area contributed by atoms with Crippen LogP contribution >= 0.6 is 7.60 Å². The lowest BCUT2D eigenvalue weighted by Gasteiger charge is -2.06. The average molecular weight is 260 g/mol. The molecule has 92 valence electrons. The second-order valence-electron chi connectivity index (χ2n) is 3.35. The van der Waals surface area contributed by atoms with Crippen LogP contribution in [0.1, 0.15) is 26.3 Å². The van der Waals surface area contributed by atoms with Crippen LogP contribution in [0.2, 0.25) is 0 Å². The Labute approximate surface area is 95.5 Å². The fourth-order valence-electron chi connectivity index (χ4n) is 1.27. The van der Waals surface area contributed by atoms with E-state index in [0.29, 0.717) is 0 Å². The van der Waals surface area contributed by atoms with Crippen molar-refractivity contribution in [2.75, 3.05) is 0 Å². The van der Waals surface area contributed by atoms with Crippen LogP contribution in [0.15, 0.2) is 18.2 Å². The summed E-state index contributed by atoms with van der Waals surface area (Å²) in [6.45, 7) is 0. The predicted octanol–water partition coefficient (Wildman–Crippen LogP) is 0.761. The van der Waals surface area contributed by atoms with Gasteiger partial charge in [-0.15, -0.1) is 0 Å². The van der Waals surface area contributed by atoms with Crippen molar-refractivity contribution in [1.82, 2.24) is 0 Å². The van der Waals surface area contributed by atoms with Crippen LogP contribution < -0.4 is 0 Å². The monoisotopic (exact) mass is 260 g/mol. The van der Waals surface area contributed by atoms with Gasteiger partial charge in [-0.1, -0.05) is 0 Å². The molecule has 8 heteroatoms. The summed E-state index contributed by atoms with van der Waals surface area (Å²) in [5, 5.41) is 17.5. The Hall–Kier alpha value is -1.69. The van der Waals surface area contributed by atoms with E-state index in [9.17, 15) is 14.2 Å². The summed E-state index contributed by atoms with van der Waals surface area (Å²) in [4.78, 5) is 38.9. The van der Waals surface area contributed by atoms with Crippen LogP contribution in [-0.2, 0) is 10.7 Å². The highest BCUT2D eigenvalue weighted by Gasteiger charge is 2.18. The number of benzene rings is 1. The van der Waals surface area contributed by atoms with E-state index < -0.39 is 25.7 Å². The third-order valence-electron chi connectivity index (χ3n) is 1.88. The van der Waals surface area contributed by atoms with E-state index in [1.54, 1.807) is 0 Å². The average Bonchev–Trinajstić information content (AvgIpc) is 2.14. The molecule has 17 heavy (non-hydrogen) atoms. The molecule has 1 aromatic rings. The SMILES string of the molecule is O=C(O)c1cc(CP(=O)(O)O)cc(C(=O)O)c1. The van der Waals surface area contributed by atoms with E-state index in [0.717, 1.165) is 18.2 Å². The summed E-state index contributed by atoms with van der Waals surface area (Å²) < 4.78 is 10.8. The van der Waals surface area contributed by atoms with Crippen molar-refractivity contribution in [2.45, 2.75) is 6.16 Å². The molecule has 0 fully saturated rings. The molecule has 0 aliphatic heterocycles. The molecule has 0 unspecified atom stereocenters. The third-order valence-corrected chi connectivity index (χ3v) is 2.65. The molecular formula is C9H9O7P. The molecule has 1 aromatic carbocycles. The standard InChI is InChI=1S/C9H9O7P/c10-8(11)6-1-5(4-17(14,15)16)2-7(3-6)9(12)13/h1-3H,4H2,(H,10,11)(H,12,13)(H2,14,15,16). The lowest BCUT2D eigenvalue weighted by atomic mass is 10.1. The van der Waals surface area contributed by atoms with E-state index in [4.69, 9.17) is 20.0 Å². The molecule has 0 aliphatic rings. The largest absolute Gasteiger partial charge is 0.478 e. The molecule has 0 aliphatic carbocycles. The second-order valence-corrected chi connectivity index (χ2v) is 5.00. The van der Waals surface area contributed by atoms with Crippen molar-refractivity contribution < 1.29 is 34.2 Å². The molecule has 0 spiro atoms. The van der Waals surface area contributed by atoms with Crippen LogP contribution in [0.5, 0.6) is 0 Å². The Bertz CT molecular complexity index is 484. The number of carboxylic acids is 2. The van der Waals surface area contributed by atoms with Crippen molar-refractivity contribution in [2.24, 2.45) is 0 Å². The predicted molar refractivity (Wildman–Crippen MR) is 56.1 cm³/mol. The summed E-state index contributed by atoms with van der Waals surface area (Å²) >= 11 is 0. The third kappa shape index (κ3) is 3.99. The van der Waals surface area contributed by atoms with Gasteiger partial charge in [0.05, 0.1) is 17.3 Å². The first kappa shape index (κ1) is 13.4. The number of hydrogen-bond acceptors (Lipinski definition) is 3. The Kier molecular flexibility index (Phi) is 3.67. The Morgan fingerprint density at radius 1 is 1.00 bits per heavy atom. The maximum Gasteiger partial charge on any atom is 0.335 e. The Morgan fingerprint density at radius 2 is 1.41 bits per heavy atom. The van der Waals surface area contributed by atoms with Gasteiger partial charge in [-0.05, 0) is 23.8 Å². The minimum absolute atomic E-state index is 0.0318. The zero-order chi connectivity index (χ0) is 13.2. The summed E-state index contributed by atoms with van der Waals surface area (Å²) in [7, 11) is -4.37. The van der Waals surface area contributed by atoms with Gasteiger partial charge >= 0.3 is 19.5 Å². The number of carboxylic acid groups (broad SMARTS) is 2. The maximum atomic E-state index is 10.8. The van der Waals surface area contributed by atoms with Gasteiger partial charge in [0.2, 0.25) is 0 Å². The Balaban J connectivity index is 3.26. The van der Waals surface area contributed by atoms with Gasteiger partial charge in [-0.25, -0.2) is 9.59 Å². The second kappa shape index (κ2) is 4.67. The number of carbonyl (C=O) groups is 2. The first-order valence-corrected chi connectivity index (χ1v) is 6.14. The minimum atomic E-state index is -4.37. The zero-order valence-corrected chi connectivity index (χ0v) is 9.29. The molecule has 0 heterocycles. The van der Waals surface area contributed by atoms with Gasteiger partial charge in [0.1, 0.15) is 0 Å². The number of hydrogen-bond donors (Lipinski definition) is 4. The molecule has 1 rings (SSSR count). The van der Waals surface area contributed by atoms with E-state index in [-0.39, 0.29) is 16.7 Å². The fourth-order valence-corrected chi connectivity index (χ4v) is 1.93. The molecule has 0 bridgehead atoms. The maximum absolute atomic E-state index is 10.8. The lowest BCUT2D eigenvalue weighted by Crippen LogP contribution is -2.04. The molecule has 0 saturated heterocycles. The van der Waals surface area contributed by atoms with Crippen molar-refractivity contribution in [3.63, 3.8) is 0 Å². The first-order chi connectivity index (χ1) is 7.69. The van der Waals surface area contributed by atoms with Crippen molar-refractivity contribution in [1.29, 1.82) is 0 Å². The first-order valence-electron chi connectivity index (χ1n) is 4.34. The number of aromatic carboxylic acids is 2. The summed E-state index contributed by atoms with van der Waals surface area (Å²) in [5.74, 6) is -2.72. The smallest absolute Gasteiger partial charge is 0.335 e. The van der Waals surface area contributed by atoms with Gasteiger partial charge in [0, 0.05) is 0 Å². The molecular weight excluding hydrogens is 251 g/mol. The normalized spacial score (nSPS) is 11.2. The molecule has 4 N–H and O–H groups in total. The molecule has 0 saturated carbocycles. The molecule has 0 atom stereocenters. The van der Waals surface area contributed by atoms with Crippen LogP contribution in [0.25, 0.3) is 0 Å². The molecule has 0 aromatic heterocycles. The van der Waals surface area contributed by atoms with Crippen molar-refractivity contribution in [3.05, 3.63) is 34.9 Å². The van der Waals surface area contributed by atoms with E-state index in [1.165, 1.54) is 0 Å². The van der Waals surface area contributed by atoms with Crippen LogP contribution in [0.3, 0.4) is 0 Å². The number of rotatable bonds is 4. The highest BCUT2D eigenvalue weighted by atomic mass is 31.2. The van der Waals surface area contributed by atoms with Gasteiger partial charge < -0.3 is 20.0 Å². The van der Waals surface area contributed by atoms with E-state index in [2.05, 4.69) is 0 Å². The van der Waals surface area contributed by atoms with Crippen molar-refractivity contribution in [3.8, 4) is 0 Å². The summed E-state index contributed by atoms with van der Waals surface area (Å²) in [6.07, 6.45) is -0.700. The molecule has 7 nitrogen and oxygen atoms in total. The topological polar surface area (TPSA) is 132 Å². The highest BCUT2D eigenvalue weighted by molar-refractivity contribution is 7.50. The molecule has 0 radical (unpaired) electrons. The molecule has 0 amide bonds. The van der Waals surface area contributed by atoms with Gasteiger partial charge in [-0.2, -0.15) is 0 Å². The van der Waals surface area contributed by atoms with E-state index in [1.807, 2.05) is 0 Å². The van der Waals surface area contributed by atoms with Gasteiger partial charge in [0.15, 0.2) is 0 Å². The van der Waals surface area contributed by atoms with Crippen LogP contribution in [0.4, 0.5) is 0 Å². The van der Waals surface area contributed by atoms with Crippen LogP contribution in [-0.4, -0.2) is 31.9 Å². The quantitative estimate of drug-likeness (QED) is 0.587. The van der Waals surface area contributed by atoms with Gasteiger partial charge in [-0.3, -0.25) is 4.57 Å².